The van der Waals surface area contributed by atoms with Crippen LogP contribution in [0.15, 0.2) is 35.9 Å². The van der Waals surface area contributed by atoms with E-state index in [2.05, 4.69) is 24.8 Å². The molecule has 0 aromatic heterocycles. The Balaban J connectivity index is 2.23. The Morgan fingerprint density at radius 3 is 2.33 bits per heavy atom. The van der Waals surface area contributed by atoms with E-state index in [0.717, 1.165) is 5.57 Å². The highest BCUT2D eigenvalue weighted by Gasteiger charge is 2.57. The van der Waals surface area contributed by atoms with E-state index >= 15 is 0 Å². The van der Waals surface area contributed by atoms with Gasteiger partial charge in [-0.25, -0.2) is 4.39 Å². The second-order valence-corrected chi connectivity index (χ2v) is 7.39. The zero-order chi connectivity index (χ0) is 19.8. The first-order valence-corrected chi connectivity index (χ1v) is 8.90. The second-order valence-electron chi connectivity index (χ2n) is 7.39. The van der Waals surface area contributed by atoms with Gasteiger partial charge in [-0.15, -0.1) is 0 Å². The number of halogens is 1. The fourth-order valence-corrected chi connectivity index (χ4v) is 4.30. The van der Waals surface area contributed by atoms with Crippen molar-refractivity contribution in [3.63, 3.8) is 0 Å². The van der Waals surface area contributed by atoms with Gasteiger partial charge in [-0.05, 0) is 37.1 Å². The quantitative estimate of drug-likeness (QED) is 0.816. The van der Waals surface area contributed by atoms with Crippen molar-refractivity contribution in [2.45, 2.75) is 25.8 Å². The van der Waals surface area contributed by atoms with Crippen LogP contribution in [-0.4, -0.2) is 29.7 Å². The van der Waals surface area contributed by atoms with Crippen LogP contribution in [0, 0.1) is 62.5 Å². The van der Waals surface area contributed by atoms with Crippen molar-refractivity contribution < 1.29 is 4.39 Å². The molecule has 0 amide bonds. The van der Waals surface area contributed by atoms with Gasteiger partial charge in [0, 0.05) is 31.0 Å². The van der Waals surface area contributed by atoms with Crippen LogP contribution in [0.3, 0.4) is 0 Å². The number of nitriles is 3. The monoisotopic (exact) mass is 361 g/mol. The molecule has 2 aliphatic rings. The van der Waals surface area contributed by atoms with Gasteiger partial charge in [-0.2, -0.15) is 15.8 Å². The van der Waals surface area contributed by atoms with Crippen LogP contribution in [0.1, 0.15) is 25.3 Å². The molecule has 1 unspecified atom stereocenters. The third-order valence-corrected chi connectivity index (χ3v) is 5.78. The molecule has 0 radical (unpaired) electrons. The summed E-state index contributed by atoms with van der Waals surface area (Å²) in [5.41, 5.74) is -0.484. The molecule has 3 rings (SSSR count). The topological polar surface area (TPSA) is 98.5 Å². The van der Waals surface area contributed by atoms with Crippen molar-refractivity contribution >= 4 is 5.71 Å². The van der Waals surface area contributed by atoms with Gasteiger partial charge in [0.25, 0.3) is 0 Å². The van der Waals surface area contributed by atoms with Crippen molar-refractivity contribution in [2.24, 2.45) is 17.3 Å². The van der Waals surface area contributed by atoms with Gasteiger partial charge in [0.15, 0.2) is 5.41 Å². The molecule has 1 fully saturated rings. The smallest absolute Gasteiger partial charge is 0.189 e. The first-order valence-electron chi connectivity index (χ1n) is 8.90. The summed E-state index contributed by atoms with van der Waals surface area (Å²) in [7, 11) is 0. The van der Waals surface area contributed by atoms with E-state index in [-0.39, 0.29) is 17.7 Å². The van der Waals surface area contributed by atoms with Crippen LogP contribution in [0.5, 0.6) is 0 Å². The zero-order valence-electron chi connectivity index (χ0n) is 15.3. The summed E-state index contributed by atoms with van der Waals surface area (Å²) in [6.07, 6.45) is 1.96. The molecule has 6 heteroatoms. The highest BCUT2D eigenvalue weighted by molar-refractivity contribution is 6.00. The number of hydrogen-bond acceptors (Lipinski definition) is 5. The molecule has 1 saturated carbocycles. The summed E-state index contributed by atoms with van der Waals surface area (Å²) in [5, 5.41) is 38.1. The Kier molecular flexibility index (Phi) is 4.83. The van der Waals surface area contributed by atoms with Gasteiger partial charge in [0.2, 0.25) is 0 Å². The minimum absolute atomic E-state index is 0.176. The standard InChI is InChI=1S/C21H20FN5/c1-13(2)27-8-7-16-17(9-23)20(26)21(11-24,12-25)19(18(16)10-27)14-3-5-15(22)6-4-14/h3-7,13,17-19,26H,8,10H2,1-2H3/t17?,18-,19-/m0/s1. The Bertz CT molecular complexity index is 896. The summed E-state index contributed by atoms with van der Waals surface area (Å²) < 4.78 is 13.5. The first kappa shape index (κ1) is 18.8. The maximum atomic E-state index is 13.5. The molecule has 0 spiro atoms. The summed E-state index contributed by atoms with van der Waals surface area (Å²) in [5.74, 6) is -2.16. The van der Waals surface area contributed by atoms with E-state index in [1.165, 1.54) is 12.1 Å². The second kappa shape index (κ2) is 6.95. The van der Waals surface area contributed by atoms with Crippen LogP contribution in [-0.2, 0) is 0 Å². The predicted octanol–water partition coefficient (Wildman–Crippen LogP) is 3.38. The van der Waals surface area contributed by atoms with Crippen LogP contribution in [0.4, 0.5) is 4.39 Å². The third kappa shape index (κ3) is 2.81. The van der Waals surface area contributed by atoms with Gasteiger partial charge in [-0.3, -0.25) is 4.90 Å². The summed E-state index contributed by atoms with van der Waals surface area (Å²) >= 11 is 0. The number of nitrogens with zero attached hydrogens (tertiary/aromatic N) is 4. The van der Waals surface area contributed by atoms with Crippen molar-refractivity contribution in [2.75, 3.05) is 13.1 Å². The molecule has 5 nitrogen and oxygen atoms in total. The minimum Gasteiger partial charge on any atom is -0.305 e. The van der Waals surface area contributed by atoms with Gasteiger partial charge in [-0.1, -0.05) is 18.2 Å². The average molecular weight is 361 g/mol. The van der Waals surface area contributed by atoms with E-state index < -0.39 is 23.1 Å². The number of hydrogen-bond donors (Lipinski definition) is 1. The maximum Gasteiger partial charge on any atom is 0.189 e. The maximum absolute atomic E-state index is 13.5. The van der Waals surface area contributed by atoms with E-state index in [0.29, 0.717) is 18.7 Å². The average Bonchev–Trinajstić information content (AvgIpc) is 2.67. The predicted molar refractivity (Wildman–Crippen MR) is 97.9 cm³/mol. The lowest BCUT2D eigenvalue weighted by molar-refractivity contribution is 0.171. The highest BCUT2D eigenvalue weighted by Crippen LogP contribution is 2.53. The van der Waals surface area contributed by atoms with Crippen molar-refractivity contribution in [1.82, 2.24) is 4.90 Å². The molecule has 1 heterocycles. The lowest BCUT2D eigenvalue weighted by Gasteiger charge is -2.48. The molecule has 0 saturated heterocycles. The Morgan fingerprint density at radius 2 is 1.81 bits per heavy atom. The number of rotatable bonds is 2. The zero-order valence-corrected chi connectivity index (χ0v) is 15.3. The third-order valence-electron chi connectivity index (χ3n) is 5.78. The molecule has 27 heavy (non-hydrogen) atoms. The van der Waals surface area contributed by atoms with Crippen LogP contribution in [0.2, 0.25) is 0 Å². The van der Waals surface area contributed by atoms with Gasteiger partial charge in [0.1, 0.15) is 11.7 Å². The van der Waals surface area contributed by atoms with Gasteiger partial charge < -0.3 is 5.41 Å². The van der Waals surface area contributed by atoms with Gasteiger partial charge in [0.05, 0.1) is 23.9 Å². The molecule has 1 aromatic rings. The minimum atomic E-state index is -1.75. The van der Waals surface area contributed by atoms with Crippen molar-refractivity contribution in [1.29, 1.82) is 21.2 Å². The number of benzene rings is 1. The molecule has 1 aromatic carbocycles. The Morgan fingerprint density at radius 1 is 1.19 bits per heavy atom. The lowest BCUT2D eigenvalue weighted by atomic mass is 9.54. The van der Waals surface area contributed by atoms with Crippen LogP contribution in [0.25, 0.3) is 0 Å². The van der Waals surface area contributed by atoms with E-state index in [1.807, 2.05) is 18.2 Å². The van der Waals surface area contributed by atoms with Crippen molar-refractivity contribution in [3.8, 4) is 18.2 Å². The lowest BCUT2D eigenvalue weighted by Crippen LogP contribution is -2.53. The number of nitrogens with one attached hydrogen (secondary N) is 1. The molecule has 1 N–H and O–H groups in total. The summed E-state index contributed by atoms with van der Waals surface area (Å²) in [6.45, 7) is 5.39. The van der Waals surface area contributed by atoms with Gasteiger partial charge >= 0.3 is 0 Å². The molecule has 1 aliphatic carbocycles. The van der Waals surface area contributed by atoms with Crippen molar-refractivity contribution in [3.05, 3.63) is 47.3 Å². The van der Waals surface area contributed by atoms with E-state index in [4.69, 9.17) is 5.41 Å². The summed E-state index contributed by atoms with van der Waals surface area (Å²) in [6, 6.07) is 12.3. The van der Waals surface area contributed by atoms with E-state index in [1.54, 1.807) is 12.1 Å². The normalized spacial score (nSPS) is 27.1. The van der Waals surface area contributed by atoms with Crippen LogP contribution < -0.4 is 0 Å². The number of fused-ring (bicyclic) bond motifs is 1. The fraction of sp³-hybridized carbons (Fsp3) is 0.429. The summed E-state index contributed by atoms with van der Waals surface area (Å²) in [4.78, 5) is 2.22. The molecule has 136 valence electrons. The highest BCUT2D eigenvalue weighted by atomic mass is 19.1. The SMILES string of the molecule is CC(C)N1CC=C2C(C#N)C(=N)C(C#N)(C#N)[C@@H](c3ccc(F)cc3)[C@H]2C1. The van der Waals surface area contributed by atoms with E-state index in [9.17, 15) is 20.2 Å². The molecule has 3 atom stereocenters. The molecular formula is C21H20FN5. The fourth-order valence-electron chi connectivity index (χ4n) is 4.30. The Hall–Kier alpha value is -3.01. The molecule has 0 bridgehead atoms. The molecular weight excluding hydrogens is 341 g/mol. The molecule has 1 aliphatic heterocycles. The largest absolute Gasteiger partial charge is 0.305 e. The first-order chi connectivity index (χ1) is 12.9. The Labute approximate surface area is 158 Å². The van der Waals surface area contributed by atoms with Crippen LogP contribution >= 0.6 is 0 Å².